The number of nitrogens with one attached hydrogen (secondary N) is 1. The Kier molecular flexibility index (Phi) is 10.3. The molecule has 2 rings (SSSR count). The number of carbonyl (C=O) groups excluding carboxylic acids is 1. The molecule has 0 radical (unpaired) electrons. The highest BCUT2D eigenvalue weighted by Gasteiger charge is 2.16. The number of unbranched alkanes of at least 4 members (excludes halogenated alkanes) is 1. The van der Waals surface area contributed by atoms with Crippen molar-refractivity contribution in [3.8, 4) is 5.75 Å². The van der Waals surface area contributed by atoms with Crippen LogP contribution in [-0.4, -0.2) is 43.6 Å². The number of anilines is 1. The van der Waals surface area contributed by atoms with E-state index in [1.165, 1.54) is 0 Å². The maximum absolute atomic E-state index is 11.8. The minimum atomic E-state index is -3.91. The Balaban J connectivity index is 1.70. The van der Waals surface area contributed by atoms with Gasteiger partial charge in [0, 0.05) is 18.7 Å². The second-order valence-corrected chi connectivity index (χ2v) is 10.6. The third-order valence-corrected chi connectivity index (χ3v) is 5.58. The zero-order valence-corrected chi connectivity index (χ0v) is 21.1. The topological polar surface area (TPSA) is 111 Å². The molecular weight excluding hydrogens is 458 g/mol. The number of hydrogen-bond donors (Lipinski definition) is 2. The maximum Gasteiger partial charge on any atom is 0.412 e. The van der Waals surface area contributed by atoms with Crippen LogP contribution < -0.4 is 10.1 Å². The van der Waals surface area contributed by atoms with Gasteiger partial charge in [-0.15, -0.1) is 0 Å². The lowest BCUT2D eigenvalue weighted by molar-refractivity contribution is 0.0632. The van der Waals surface area contributed by atoms with Crippen molar-refractivity contribution in [2.75, 3.05) is 24.3 Å². The summed E-state index contributed by atoms with van der Waals surface area (Å²) in [6, 6.07) is 15.2. The Morgan fingerprint density at radius 1 is 1.00 bits per heavy atom. The summed E-state index contributed by atoms with van der Waals surface area (Å²) in [7, 11) is -3.91. The summed E-state index contributed by atoms with van der Waals surface area (Å²) in [4.78, 5) is 11.8. The van der Waals surface area contributed by atoms with Crippen molar-refractivity contribution in [3.63, 3.8) is 0 Å². The minimum absolute atomic E-state index is 0.132. The molecule has 0 aliphatic heterocycles. The molecule has 188 valence electrons. The van der Waals surface area contributed by atoms with Crippen LogP contribution in [0.1, 0.15) is 57.8 Å². The normalized spacial score (nSPS) is 12.7. The van der Waals surface area contributed by atoms with Crippen LogP contribution in [-0.2, 0) is 26.0 Å². The van der Waals surface area contributed by atoms with Crippen LogP contribution in [0.25, 0.3) is 0 Å². The third kappa shape index (κ3) is 11.5. The van der Waals surface area contributed by atoms with Gasteiger partial charge >= 0.3 is 6.09 Å². The minimum Gasteiger partial charge on any atom is -0.493 e. The summed E-state index contributed by atoms with van der Waals surface area (Å²) in [5, 5.41) is 2.71. The lowest BCUT2D eigenvalue weighted by Gasteiger charge is -2.19. The van der Waals surface area contributed by atoms with Gasteiger partial charge in [0.05, 0.1) is 18.5 Å². The molecular formula is C25H35NO7S. The van der Waals surface area contributed by atoms with E-state index in [1.54, 1.807) is 0 Å². The van der Waals surface area contributed by atoms with Crippen molar-refractivity contribution in [2.24, 2.45) is 0 Å². The number of ether oxygens (including phenoxy) is 3. The zero-order valence-electron chi connectivity index (χ0n) is 20.2. The first kappa shape index (κ1) is 27.6. The average Bonchev–Trinajstić information content (AvgIpc) is 2.73. The molecule has 0 saturated carbocycles. The Hall–Kier alpha value is -2.62. The molecule has 0 fully saturated rings. The predicted molar refractivity (Wildman–Crippen MR) is 132 cm³/mol. The van der Waals surface area contributed by atoms with Crippen molar-refractivity contribution in [1.29, 1.82) is 0 Å². The SMILES string of the molecule is CC(OCCCCS(=O)(=O)O)c1ccc(OCCc2ccc(NC(=O)OC(C)(C)C)cc2)cc1. The van der Waals surface area contributed by atoms with Gasteiger partial charge in [-0.25, -0.2) is 4.79 Å². The van der Waals surface area contributed by atoms with Crippen LogP contribution >= 0.6 is 0 Å². The molecule has 9 heteroatoms. The summed E-state index contributed by atoms with van der Waals surface area (Å²) in [5.41, 5.74) is 2.21. The largest absolute Gasteiger partial charge is 0.493 e. The Bertz CT molecular complexity index is 997. The average molecular weight is 494 g/mol. The third-order valence-electron chi connectivity index (χ3n) is 4.77. The number of rotatable bonds is 12. The molecule has 34 heavy (non-hydrogen) atoms. The van der Waals surface area contributed by atoms with Crippen molar-refractivity contribution in [3.05, 3.63) is 59.7 Å². The van der Waals surface area contributed by atoms with E-state index >= 15 is 0 Å². The van der Waals surface area contributed by atoms with Gasteiger partial charge in [-0.05, 0) is 75.9 Å². The van der Waals surface area contributed by atoms with Gasteiger partial charge in [0.1, 0.15) is 11.4 Å². The molecule has 0 saturated heterocycles. The number of carbonyl (C=O) groups is 1. The fraction of sp³-hybridized carbons (Fsp3) is 0.480. The van der Waals surface area contributed by atoms with Gasteiger partial charge in [-0.1, -0.05) is 24.3 Å². The van der Waals surface area contributed by atoms with Crippen LogP contribution in [0.15, 0.2) is 48.5 Å². The highest BCUT2D eigenvalue weighted by Crippen LogP contribution is 2.21. The number of amides is 1. The molecule has 0 bridgehead atoms. The molecule has 0 heterocycles. The highest BCUT2D eigenvalue weighted by molar-refractivity contribution is 7.85. The molecule has 0 aromatic heterocycles. The highest BCUT2D eigenvalue weighted by atomic mass is 32.2. The fourth-order valence-corrected chi connectivity index (χ4v) is 3.61. The smallest absolute Gasteiger partial charge is 0.412 e. The first-order valence-electron chi connectivity index (χ1n) is 11.3. The Labute approximate surface area is 202 Å². The summed E-state index contributed by atoms with van der Waals surface area (Å²) in [6.45, 7) is 8.31. The van der Waals surface area contributed by atoms with E-state index in [0.717, 1.165) is 23.3 Å². The summed E-state index contributed by atoms with van der Waals surface area (Å²) >= 11 is 0. The van der Waals surface area contributed by atoms with Gasteiger partial charge in [0.2, 0.25) is 0 Å². The van der Waals surface area contributed by atoms with Gasteiger partial charge in [-0.3, -0.25) is 9.87 Å². The van der Waals surface area contributed by atoms with Gasteiger partial charge in [0.15, 0.2) is 0 Å². The molecule has 1 unspecified atom stereocenters. The van der Waals surface area contributed by atoms with E-state index < -0.39 is 21.8 Å². The summed E-state index contributed by atoms with van der Waals surface area (Å²) < 4.78 is 46.9. The first-order chi connectivity index (χ1) is 15.9. The summed E-state index contributed by atoms with van der Waals surface area (Å²) in [6.07, 6.45) is 1.03. The van der Waals surface area contributed by atoms with Crippen molar-refractivity contribution >= 4 is 21.9 Å². The van der Waals surface area contributed by atoms with E-state index in [4.69, 9.17) is 18.8 Å². The molecule has 2 N–H and O–H groups in total. The molecule has 0 aliphatic rings. The van der Waals surface area contributed by atoms with E-state index in [-0.39, 0.29) is 11.9 Å². The van der Waals surface area contributed by atoms with Gasteiger partial charge in [0.25, 0.3) is 10.1 Å². The zero-order chi connectivity index (χ0) is 25.2. The molecule has 2 aromatic carbocycles. The monoisotopic (exact) mass is 493 g/mol. The Morgan fingerprint density at radius 2 is 1.65 bits per heavy atom. The molecule has 1 atom stereocenters. The second kappa shape index (κ2) is 12.7. The molecule has 8 nitrogen and oxygen atoms in total. The lowest BCUT2D eigenvalue weighted by atomic mass is 10.1. The van der Waals surface area contributed by atoms with Crippen molar-refractivity contribution in [1.82, 2.24) is 0 Å². The summed E-state index contributed by atoms with van der Waals surface area (Å²) in [5.74, 6) is 0.511. The number of hydrogen-bond acceptors (Lipinski definition) is 6. The van der Waals surface area contributed by atoms with Crippen LogP contribution in [0, 0.1) is 0 Å². The van der Waals surface area contributed by atoms with Gasteiger partial charge < -0.3 is 14.2 Å². The van der Waals surface area contributed by atoms with Crippen molar-refractivity contribution < 1.29 is 32.0 Å². The predicted octanol–water partition coefficient (Wildman–Crippen LogP) is 5.40. The molecule has 1 amide bonds. The Morgan fingerprint density at radius 3 is 2.24 bits per heavy atom. The van der Waals surface area contributed by atoms with E-state index in [9.17, 15) is 13.2 Å². The molecule has 0 aliphatic carbocycles. The molecule has 2 aromatic rings. The second-order valence-electron chi connectivity index (χ2n) is 9.00. The van der Waals surface area contributed by atoms with E-state index in [2.05, 4.69) is 5.32 Å². The van der Waals surface area contributed by atoms with E-state index in [1.807, 2.05) is 76.2 Å². The van der Waals surface area contributed by atoms with Crippen LogP contribution in [0.3, 0.4) is 0 Å². The lowest BCUT2D eigenvalue weighted by Crippen LogP contribution is -2.27. The quantitative estimate of drug-likeness (QED) is 0.301. The standard InChI is InChI=1S/C25H35NO7S/c1-19(31-16-5-6-18-34(28,29)30)21-9-13-23(14-10-21)32-17-15-20-7-11-22(12-8-20)26-24(27)33-25(2,3)4/h7-14,19H,5-6,15-18H2,1-4H3,(H,26,27)(H,28,29,30). The fourth-order valence-electron chi connectivity index (χ4n) is 3.04. The van der Waals surface area contributed by atoms with Gasteiger partial charge in [-0.2, -0.15) is 8.42 Å². The van der Waals surface area contributed by atoms with Crippen LogP contribution in [0.5, 0.6) is 5.75 Å². The van der Waals surface area contributed by atoms with Crippen LogP contribution in [0.2, 0.25) is 0 Å². The van der Waals surface area contributed by atoms with E-state index in [0.29, 0.717) is 31.7 Å². The van der Waals surface area contributed by atoms with Crippen LogP contribution in [0.4, 0.5) is 10.5 Å². The first-order valence-corrected chi connectivity index (χ1v) is 12.9. The molecule has 0 spiro atoms. The maximum atomic E-state index is 11.8. The van der Waals surface area contributed by atoms with Crippen molar-refractivity contribution in [2.45, 2.75) is 58.7 Å². The number of benzene rings is 2.